The Kier molecular flexibility index (Phi) is 7.72. The van der Waals surface area contributed by atoms with Gasteiger partial charge in [-0.25, -0.2) is 0 Å². The van der Waals surface area contributed by atoms with Crippen LogP contribution in [0.25, 0.3) is 109 Å². The Morgan fingerprint density at radius 2 is 0.804 bits per heavy atom. The summed E-state index contributed by atoms with van der Waals surface area (Å²) in [5.41, 5.74) is 17.1. The standard InChI is InChI=1S/C53H33NOS/c1-2-26-49-46(21-1)47-24-8-22-44(52(47)55-49)42-19-6-17-40(32-42)38-15-4-13-36(30-38)34-11-3-12-35(29-34)37-14-5-16-39(31-37)41-18-7-20-43(33-41)45-23-9-25-48-51-50(56-53(45)48)27-10-28-54-51/h1-33H. The van der Waals surface area contributed by atoms with Gasteiger partial charge in [-0.05, 0) is 110 Å². The predicted molar refractivity (Wildman–Crippen MR) is 237 cm³/mol. The number of rotatable bonds is 6. The summed E-state index contributed by atoms with van der Waals surface area (Å²) >= 11 is 1.82. The van der Waals surface area contributed by atoms with Gasteiger partial charge in [0.2, 0.25) is 0 Å². The van der Waals surface area contributed by atoms with Crippen molar-refractivity contribution in [3.05, 3.63) is 200 Å². The number of benzene rings is 8. The van der Waals surface area contributed by atoms with Crippen molar-refractivity contribution in [2.75, 3.05) is 0 Å². The highest BCUT2D eigenvalue weighted by Crippen LogP contribution is 2.41. The summed E-state index contributed by atoms with van der Waals surface area (Å²) in [6.45, 7) is 0. The van der Waals surface area contributed by atoms with Gasteiger partial charge in [0.1, 0.15) is 11.2 Å². The fraction of sp³-hybridized carbons (Fsp3) is 0. The van der Waals surface area contributed by atoms with Crippen molar-refractivity contribution in [1.29, 1.82) is 0 Å². The third-order valence-corrected chi connectivity index (χ3v) is 12.1. The summed E-state index contributed by atoms with van der Waals surface area (Å²) in [7, 11) is 0. The summed E-state index contributed by atoms with van der Waals surface area (Å²) < 4.78 is 8.88. The number of nitrogens with zero attached hydrogens (tertiary/aromatic N) is 1. The van der Waals surface area contributed by atoms with Crippen molar-refractivity contribution < 1.29 is 4.42 Å². The van der Waals surface area contributed by atoms with Crippen molar-refractivity contribution in [3.63, 3.8) is 0 Å². The molecule has 11 rings (SSSR count). The number of para-hydroxylation sites is 2. The van der Waals surface area contributed by atoms with Crippen LogP contribution in [-0.2, 0) is 0 Å². The van der Waals surface area contributed by atoms with Gasteiger partial charge in [-0.1, -0.05) is 146 Å². The van der Waals surface area contributed by atoms with Gasteiger partial charge in [0.15, 0.2) is 0 Å². The predicted octanol–water partition coefficient (Wildman–Crippen LogP) is 15.4. The molecule has 8 aromatic carbocycles. The topological polar surface area (TPSA) is 26.0 Å². The molecule has 0 saturated carbocycles. The van der Waals surface area contributed by atoms with Crippen LogP contribution in [0.5, 0.6) is 0 Å². The molecule has 0 amide bonds. The first-order chi connectivity index (χ1) is 27.7. The minimum absolute atomic E-state index is 0.914. The van der Waals surface area contributed by atoms with Crippen LogP contribution in [-0.4, -0.2) is 4.98 Å². The number of furan rings is 1. The highest BCUT2D eigenvalue weighted by Gasteiger charge is 2.14. The lowest BCUT2D eigenvalue weighted by Crippen LogP contribution is -1.86. The van der Waals surface area contributed by atoms with Gasteiger partial charge >= 0.3 is 0 Å². The molecule has 3 aromatic heterocycles. The first kappa shape index (κ1) is 32.4. The average Bonchev–Trinajstić information content (AvgIpc) is 3.86. The van der Waals surface area contributed by atoms with E-state index in [0.29, 0.717) is 0 Å². The second-order valence-electron chi connectivity index (χ2n) is 14.3. The zero-order valence-electron chi connectivity index (χ0n) is 30.3. The number of fused-ring (bicyclic) bond motifs is 6. The van der Waals surface area contributed by atoms with Gasteiger partial charge < -0.3 is 4.42 Å². The van der Waals surface area contributed by atoms with Crippen LogP contribution in [0, 0.1) is 0 Å². The molecule has 2 nitrogen and oxygen atoms in total. The first-order valence-corrected chi connectivity index (χ1v) is 19.7. The van der Waals surface area contributed by atoms with E-state index in [1.165, 1.54) is 70.4 Å². The van der Waals surface area contributed by atoms with Gasteiger partial charge in [-0.3, -0.25) is 4.98 Å². The van der Waals surface area contributed by atoms with Crippen LogP contribution < -0.4 is 0 Å². The van der Waals surface area contributed by atoms with E-state index in [4.69, 9.17) is 4.42 Å². The second kappa shape index (κ2) is 13.3. The van der Waals surface area contributed by atoms with Crippen molar-refractivity contribution >= 4 is 53.6 Å². The molecule has 0 aliphatic carbocycles. The molecule has 0 fully saturated rings. The molecule has 0 atom stereocenters. The van der Waals surface area contributed by atoms with Crippen LogP contribution >= 0.6 is 11.3 Å². The molecule has 0 aliphatic rings. The van der Waals surface area contributed by atoms with Crippen molar-refractivity contribution in [2.45, 2.75) is 0 Å². The Morgan fingerprint density at radius 1 is 0.357 bits per heavy atom. The van der Waals surface area contributed by atoms with E-state index in [0.717, 1.165) is 38.6 Å². The number of pyridine rings is 1. The minimum atomic E-state index is 0.914. The number of thiophene rings is 1. The zero-order chi connectivity index (χ0) is 37.0. The average molecular weight is 732 g/mol. The zero-order valence-corrected chi connectivity index (χ0v) is 31.1. The maximum Gasteiger partial charge on any atom is 0.143 e. The summed E-state index contributed by atoms with van der Waals surface area (Å²) in [6, 6.07) is 69.8. The molecule has 0 unspecified atom stereocenters. The lowest BCUT2D eigenvalue weighted by molar-refractivity contribution is 0.670. The molecule has 56 heavy (non-hydrogen) atoms. The lowest BCUT2D eigenvalue weighted by Gasteiger charge is -2.11. The molecular weight excluding hydrogens is 699 g/mol. The molecule has 3 heterocycles. The van der Waals surface area contributed by atoms with E-state index in [9.17, 15) is 0 Å². The fourth-order valence-corrected chi connectivity index (χ4v) is 9.38. The third-order valence-electron chi connectivity index (χ3n) is 10.9. The molecule has 3 heteroatoms. The number of hydrogen-bond acceptors (Lipinski definition) is 3. The van der Waals surface area contributed by atoms with E-state index in [2.05, 4.69) is 181 Å². The first-order valence-electron chi connectivity index (χ1n) is 18.9. The van der Waals surface area contributed by atoms with Crippen LogP contribution in [0.4, 0.5) is 0 Å². The van der Waals surface area contributed by atoms with Gasteiger partial charge in [-0.2, -0.15) is 0 Å². The highest BCUT2D eigenvalue weighted by atomic mass is 32.1. The molecule has 0 aliphatic heterocycles. The van der Waals surface area contributed by atoms with Crippen LogP contribution in [0.1, 0.15) is 0 Å². The fourth-order valence-electron chi connectivity index (χ4n) is 8.19. The lowest BCUT2D eigenvalue weighted by atomic mass is 9.93. The Bertz CT molecular complexity index is 3060. The largest absolute Gasteiger partial charge is 0.455 e. The van der Waals surface area contributed by atoms with E-state index in [1.807, 2.05) is 35.7 Å². The van der Waals surface area contributed by atoms with Gasteiger partial charge in [0.25, 0.3) is 0 Å². The maximum absolute atomic E-state index is 6.39. The van der Waals surface area contributed by atoms with E-state index >= 15 is 0 Å². The molecule has 262 valence electrons. The number of aromatic nitrogens is 1. The van der Waals surface area contributed by atoms with Crippen molar-refractivity contribution in [1.82, 2.24) is 4.98 Å². The van der Waals surface area contributed by atoms with Crippen LogP contribution in [0.3, 0.4) is 0 Å². The smallest absolute Gasteiger partial charge is 0.143 e. The molecular formula is C53H33NOS. The van der Waals surface area contributed by atoms with Crippen LogP contribution in [0.2, 0.25) is 0 Å². The SMILES string of the molecule is c1cc(-c2cccc(-c3cccc(-c4cccc5c4oc4ccccc45)c3)c2)cc(-c2cccc(-c3cccc(-c4cccc5c4sc4cccnc45)c3)c2)c1. The van der Waals surface area contributed by atoms with Crippen molar-refractivity contribution in [2.24, 2.45) is 0 Å². The Morgan fingerprint density at radius 3 is 1.39 bits per heavy atom. The minimum Gasteiger partial charge on any atom is -0.455 e. The van der Waals surface area contributed by atoms with Gasteiger partial charge in [0.05, 0.1) is 10.2 Å². The van der Waals surface area contributed by atoms with Gasteiger partial charge in [-0.15, -0.1) is 11.3 Å². The van der Waals surface area contributed by atoms with Gasteiger partial charge in [0, 0.05) is 32.6 Å². The highest BCUT2D eigenvalue weighted by molar-refractivity contribution is 7.26. The van der Waals surface area contributed by atoms with Crippen molar-refractivity contribution in [3.8, 4) is 66.8 Å². The van der Waals surface area contributed by atoms with E-state index in [1.54, 1.807) is 0 Å². The monoisotopic (exact) mass is 731 g/mol. The molecule has 11 aromatic rings. The number of hydrogen-bond donors (Lipinski definition) is 0. The van der Waals surface area contributed by atoms with E-state index < -0.39 is 0 Å². The Hall–Kier alpha value is -7.07. The third kappa shape index (κ3) is 5.60. The summed E-state index contributed by atoms with van der Waals surface area (Å²) in [5, 5.41) is 3.50. The molecule has 0 radical (unpaired) electrons. The Balaban J connectivity index is 0.907. The summed E-state index contributed by atoms with van der Waals surface area (Å²) in [4.78, 5) is 4.69. The Labute approximate surface area is 328 Å². The summed E-state index contributed by atoms with van der Waals surface area (Å²) in [5.74, 6) is 0. The molecule has 0 N–H and O–H groups in total. The normalized spacial score (nSPS) is 11.6. The quantitative estimate of drug-likeness (QED) is 0.170. The van der Waals surface area contributed by atoms with Crippen LogP contribution in [0.15, 0.2) is 205 Å². The van der Waals surface area contributed by atoms with E-state index in [-0.39, 0.29) is 0 Å². The maximum atomic E-state index is 6.39. The second-order valence-corrected chi connectivity index (χ2v) is 15.4. The summed E-state index contributed by atoms with van der Waals surface area (Å²) in [6.07, 6.45) is 1.88. The molecule has 0 bridgehead atoms. The molecule has 0 spiro atoms. The molecule has 0 saturated heterocycles.